The molecule has 1 aromatic heterocycles. The van der Waals surface area contributed by atoms with Gasteiger partial charge in [0.05, 0.1) is 5.69 Å². The maximum absolute atomic E-state index is 10.8. The van der Waals surface area contributed by atoms with Crippen LogP contribution in [-0.4, -0.2) is 21.7 Å². The van der Waals surface area contributed by atoms with Crippen LogP contribution in [0.25, 0.3) is 16.8 Å². The molecule has 0 bridgehead atoms. The Morgan fingerprint density at radius 3 is 2.68 bits per heavy atom. The molecule has 1 heterocycles. The molecule has 0 aliphatic heterocycles. The van der Waals surface area contributed by atoms with Gasteiger partial charge in [0.25, 0.3) is 0 Å². The van der Waals surface area contributed by atoms with Crippen molar-refractivity contribution in [3.05, 3.63) is 65.4 Å². The zero-order chi connectivity index (χ0) is 17.8. The van der Waals surface area contributed by atoms with Crippen LogP contribution in [0.5, 0.6) is 0 Å². The first-order valence-electron chi connectivity index (χ1n) is 7.72. The third-order valence-electron chi connectivity index (χ3n) is 3.59. The lowest BCUT2D eigenvalue weighted by molar-refractivity contribution is -0.138. The maximum Gasteiger partial charge on any atom is 0.303 e. The van der Waals surface area contributed by atoms with Crippen molar-refractivity contribution in [1.82, 2.24) is 9.78 Å². The molecule has 0 spiro atoms. The normalized spacial score (nSPS) is 10.7. The number of benzene rings is 2. The summed E-state index contributed by atoms with van der Waals surface area (Å²) in [6.07, 6.45) is 1.93. The molecule has 0 saturated carbocycles. The molecular formula is C19H17ClN2O2S. The van der Waals surface area contributed by atoms with E-state index in [0.29, 0.717) is 11.1 Å². The van der Waals surface area contributed by atoms with E-state index < -0.39 is 0 Å². The summed E-state index contributed by atoms with van der Waals surface area (Å²) in [7, 11) is 0. The largest absolute Gasteiger partial charge is 0.454 e. The Bertz CT molecular complexity index is 891. The van der Waals surface area contributed by atoms with Gasteiger partial charge in [0.15, 0.2) is 5.15 Å². The molecule has 0 N–H and O–H groups in total. The number of carbonyl (C=O) groups is 1. The van der Waals surface area contributed by atoms with Crippen molar-refractivity contribution in [3.63, 3.8) is 0 Å². The molecular weight excluding hydrogens is 356 g/mol. The number of thioether (sulfide) groups is 1. The monoisotopic (exact) mass is 372 g/mol. The highest BCUT2D eigenvalue weighted by Crippen LogP contribution is 2.30. The number of aryl methyl sites for hydroxylation is 1. The van der Waals surface area contributed by atoms with E-state index in [4.69, 9.17) is 16.3 Å². The molecule has 0 saturated heterocycles. The zero-order valence-electron chi connectivity index (χ0n) is 13.9. The second-order valence-electron chi connectivity index (χ2n) is 5.54. The Labute approximate surface area is 155 Å². The minimum Gasteiger partial charge on any atom is -0.454 e. The Hall–Kier alpha value is -2.24. The summed E-state index contributed by atoms with van der Waals surface area (Å²) < 4.78 is 6.72. The Morgan fingerprint density at radius 2 is 2.00 bits per heavy atom. The number of esters is 1. The summed E-state index contributed by atoms with van der Waals surface area (Å²) in [5, 5.41) is 4.87. The highest BCUT2D eigenvalue weighted by molar-refractivity contribution is 7.99. The van der Waals surface area contributed by atoms with E-state index in [-0.39, 0.29) is 5.97 Å². The van der Waals surface area contributed by atoms with Crippen molar-refractivity contribution in [2.24, 2.45) is 0 Å². The molecule has 0 amide bonds. The summed E-state index contributed by atoms with van der Waals surface area (Å²) in [4.78, 5) is 11.8. The van der Waals surface area contributed by atoms with E-state index in [9.17, 15) is 4.79 Å². The van der Waals surface area contributed by atoms with Crippen molar-refractivity contribution in [3.8, 4) is 16.8 Å². The number of nitrogens with zero attached hydrogens (tertiary/aromatic N) is 2. The van der Waals surface area contributed by atoms with Crippen LogP contribution >= 0.6 is 23.4 Å². The summed E-state index contributed by atoms with van der Waals surface area (Å²) >= 11 is 7.80. The van der Waals surface area contributed by atoms with Crippen molar-refractivity contribution in [2.75, 3.05) is 5.94 Å². The van der Waals surface area contributed by atoms with E-state index in [1.165, 1.54) is 24.2 Å². The minimum absolute atomic E-state index is 0.278. The standard InChI is InChI=1S/C19H17ClN2O2S/c1-13-4-3-5-16(10-13)22-11-18(19(20)21-22)15-6-8-17(9-7-15)25-12-24-14(2)23/h3-11H,12H2,1-2H3. The number of aromatic nitrogens is 2. The highest BCUT2D eigenvalue weighted by atomic mass is 35.5. The van der Waals surface area contributed by atoms with Crippen LogP contribution in [0, 0.1) is 6.92 Å². The first-order valence-corrected chi connectivity index (χ1v) is 9.08. The topological polar surface area (TPSA) is 44.1 Å². The van der Waals surface area contributed by atoms with Gasteiger partial charge >= 0.3 is 5.97 Å². The lowest BCUT2D eigenvalue weighted by Crippen LogP contribution is -1.96. The Kier molecular flexibility index (Phi) is 5.46. The van der Waals surface area contributed by atoms with E-state index >= 15 is 0 Å². The SMILES string of the molecule is CC(=O)OCSc1ccc(-c2cn(-c3cccc(C)c3)nc2Cl)cc1. The molecule has 0 fully saturated rings. The molecule has 3 aromatic rings. The van der Waals surface area contributed by atoms with Gasteiger partial charge in [0.2, 0.25) is 0 Å². The first kappa shape index (κ1) is 17.6. The number of hydrogen-bond donors (Lipinski definition) is 0. The number of ether oxygens (including phenoxy) is 1. The molecule has 25 heavy (non-hydrogen) atoms. The Morgan fingerprint density at radius 1 is 1.24 bits per heavy atom. The van der Waals surface area contributed by atoms with Crippen molar-refractivity contribution < 1.29 is 9.53 Å². The lowest BCUT2D eigenvalue weighted by Gasteiger charge is -2.04. The molecule has 3 rings (SSSR count). The predicted molar refractivity (Wildman–Crippen MR) is 101 cm³/mol. The third-order valence-corrected chi connectivity index (χ3v) is 4.71. The second kappa shape index (κ2) is 7.76. The predicted octanol–water partition coefficient (Wildman–Crippen LogP) is 5.11. The second-order valence-corrected chi connectivity index (χ2v) is 6.89. The van der Waals surface area contributed by atoms with Crippen LogP contribution in [-0.2, 0) is 9.53 Å². The number of carbonyl (C=O) groups excluding carboxylic acids is 1. The average Bonchev–Trinajstić information content (AvgIpc) is 2.97. The van der Waals surface area contributed by atoms with Gasteiger partial charge in [0.1, 0.15) is 5.94 Å². The van der Waals surface area contributed by atoms with Gasteiger partial charge in [-0.25, -0.2) is 4.68 Å². The molecule has 128 valence electrons. The van der Waals surface area contributed by atoms with Crippen molar-refractivity contribution in [2.45, 2.75) is 18.7 Å². The van der Waals surface area contributed by atoms with Gasteiger partial charge in [-0.15, -0.1) is 0 Å². The fourth-order valence-corrected chi connectivity index (χ4v) is 3.29. The number of rotatable bonds is 5. The fraction of sp³-hybridized carbons (Fsp3) is 0.158. The van der Waals surface area contributed by atoms with Gasteiger partial charge in [-0.1, -0.05) is 47.6 Å². The minimum atomic E-state index is -0.278. The van der Waals surface area contributed by atoms with E-state index in [2.05, 4.69) is 11.2 Å². The first-order chi connectivity index (χ1) is 12.0. The van der Waals surface area contributed by atoms with Crippen LogP contribution in [0.15, 0.2) is 59.6 Å². The van der Waals surface area contributed by atoms with Crippen LogP contribution in [0.3, 0.4) is 0 Å². The van der Waals surface area contributed by atoms with Crippen molar-refractivity contribution >= 4 is 29.3 Å². The molecule has 0 radical (unpaired) electrons. The van der Waals surface area contributed by atoms with Crippen LogP contribution in [0.1, 0.15) is 12.5 Å². The molecule has 6 heteroatoms. The van der Waals surface area contributed by atoms with Crippen molar-refractivity contribution in [1.29, 1.82) is 0 Å². The molecule has 0 aliphatic carbocycles. The quantitative estimate of drug-likeness (QED) is 0.354. The molecule has 0 aliphatic rings. The van der Waals surface area contributed by atoms with Crippen LogP contribution in [0.2, 0.25) is 5.15 Å². The summed E-state index contributed by atoms with van der Waals surface area (Å²) in [5.74, 6) is 0.0280. The number of hydrogen-bond acceptors (Lipinski definition) is 4. The average molecular weight is 373 g/mol. The van der Waals surface area contributed by atoms with Crippen LogP contribution < -0.4 is 0 Å². The van der Waals surface area contributed by atoms with E-state index in [0.717, 1.165) is 21.7 Å². The molecule has 4 nitrogen and oxygen atoms in total. The fourth-order valence-electron chi connectivity index (χ4n) is 2.36. The summed E-state index contributed by atoms with van der Waals surface area (Å²) in [5.41, 5.74) is 4.00. The smallest absolute Gasteiger partial charge is 0.303 e. The van der Waals surface area contributed by atoms with Gasteiger partial charge in [-0.3, -0.25) is 4.79 Å². The molecule has 2 aromatic carbocycles. The van der Waals surface area contributed by atoms with E-state index in [1.807, 2.05) is 55.6 Å². The van der Waals surface area contributed by atoms with Crippen LogP contribution in [0.4, 0.5) is 0 Å². The summed E-state index contributed by atoms with van der Waals surface area (Å²) in [6, 6.07) is 16.0. The van der Waals surface area contributed by atoms with Gasteiger partial charge in [0, 0.05) is 23.6 Å². The van der Waals surface area contributed by atoms with Gasteiger partial charge < -0.3 is 4.74 Å². The maximum atomic E-state index is 10.8. The molecule has 0 atom stereocenters. The molecule has 0 unspecified atom stereocenters. The lowest BCUT2D eigenvalue weighted by atomic mass is 10.1. The van der Waals surface area contributed by atoms with Gasteiger partial charge in [-0.05, 0) is 42.3 Å². The van der Waals surface area contributed by atoms with Gasteiger partial charge in [-0.2, -0.15) is 5.10 Å². The summed E-state index contributed by atoms with van der Waals surface area (Å²) in [6.45, 7) is 3.44. The number of halogens is 1. The Balaban J connectivity index is 1.79. The third kappa shape index (κ3) is 4.44. The van der Waals surface area contributed by atoms with E-state index in [1.54, 1.807) is 4.68 Å². The zero-order valence-corrected chi connectivity index (χ0v) is 15.5. The highest BCUT2D eigenvalue weighted by Gasteiger charge is 2.10.